The van der Waals surface area contributed by atoms with Crippen LogP contribution in [0.15, 0.2) is 30.3 Å². The molecular weight excluding hydrogens is 370 g/mol. The molecule has 0 unspecified atom stereocenters. The van der Waals surface area contributed by atoms with Gasteiger partial charge in [-0.15, -0.1) is 0 Å². The lowest BCUT2D eigenvalue weighted by molar-refractivity contribution is -0.144. The zero-order chi connectivity index (χ0) is 20.0. The van der Waals surface area contributed by atoms with E-state index in [9.17, 15) is 14.4 Å². The number of carbonyl (C=O) groups is 3. The molecule has 1 spiro atoms. The quantitative estimate of drug-likeness (QED) is 0.836. The maximum Gasteiger partial charge on any atom is 0.256 e. The molecule has 29 heavy (non-hydrogen) atoms. The summed E-state index contributed by atoms with van der Waals surface area (Å²) in [6.45, 7) is 1.32. The van der Waals surface area contributed by atoms with E-state index in [4.69, 9.17) is 4.74 Å². The van der Waals surface area contributed by atoms with Gasteiger partial charge in [0.1, 0.15) is 11.8 Å². The van der Waals surface area contributed by atoms with Gasteiger partial charge in [0.2, 0.25) is 11.8 Å². The molecule has 2 saturated heterocycles. The third kappa shape index (κ3) is 3.52. The van der Waals surface area contributed by atoms with Gasteiger partial charge in [-0.3, -0.25) is 19.3 Å². The zero-order valence-corrected chi connectivity index (χ0v) is 16.5. The SMILES string of the molecule is O=C(NC1CC1)[C@@H]1COC2(CCN(C(=O)C3CC3)CC2)N1C(=O)c1ccccc1. The number of piperidine rings is 1. The van der Waals surface area contributed by atoms with Gasteiger partial charge in [0, 0.05) is 43.5 Å². The summed E-state index contributed by atoms with van der Waals surface area (Å²) in [5, 5.41) is 3.03. The van der Waals surface area contributed by atoms with Crippen molar-refractivity contribution in [1.82, 2.24) is 15.1 Å². The fourth-order valence-electron chi connectivity index (χ4n) is 4.48. The number of ether oxygens (including phenoxy) is 1. The molecule has 4 aliphatic rings. The summed E-state index contributed by atoms with van der Waals surface area (Å²) < 4.78 is 6.18. The van der Waals surface area contributed by atoms with Crippen molar-refractivity contribution in [3.8, 4) is 0 Å². The molecule has 2 aliphatic heterocycles. The van der Waals surface area contributed by atoms with E-state index in [1.54, 1.807) is 17.0 Å². The molecule has 7 nitrogen and oxygen atoms in total. The van der Waals surface area contributed by atoms with Crippen LogP contribution in [0.5, 0.6) is 0 Å². The van der Waals surface area contributed by atoms with Crippen molar-refractivity contribution in [3.05, 3.63) is 35.9 Å². The van der Waals surface area contributed by atoms with Gasteiger partial charge >= 0.3 is 0 Å². The predicted octanol–water partition coefficient (Wildman–Crippen LogP) is 1.53. The molecule has 154 valence electrons. The highest BCUT2D eigenvalue weighted by molar-refractivity contribution is 5.98. The molecule has 1 N–H and O–H groups in total. The van der Waals surface area contributed by atoms with Crippen molar-refractivity contribution in [2.24, 2.45) is 5.92 Å². The van der Waals surface area contributed by atoms with Crippen LogP contribution in [-0.2, 0) is 14.3 Å². The summed E-state index contributed by atoms with van der Waals surface area (Å²) in [6.07, 6.45) is 5.04. The van der Waals surface area contributed by atoms with Crippen LogP contribution in [0.25, 0.3) is 0 Å². The number of benzene rings is 1. The molecule has 1 aromatic carbocycles. The largest absolute Gasteiger partial charge is 0.353 e. The molecule has 2 aliphatic carbocycles. The van der Waals surface area contributed by atoms with E-state index in [2.05, 4.69) is 5.32 Å². The molecule has 2 saturated carbocycles. The highest BCUT2D eigenvalue weighted by Crippen LogP contribution is 2.40. The average molecular weight is 397 g/mol. The second-order valence-electron chi connectivity index (χ2n) is 8.70. The second kappa shape index (κ2) is 7.13. The minimum atomic E-state index is -0.821. The highest BCUT2D eigenvalue weighted by atomic mass is 16.5. The Bertz CT molecular complexity index is 811. The van der Waals surface area contributed by atoms with E-state index in [-0.39, 0.29) is 36.3 Å². The third-order valence-electron chi connectivity index (χ3n) is 6.51. The third-order valence-corrected chi connectivity index (χ3v) is 6.51. The van der Waals surface area contributed by atoms with Crippen molar-refractivity contribution in [2.75, 3.05) is 19.7 Å². The number of hydrogen-bond donors (Lipinski definition) is 1. The van der Waals surface area contributed by atoms with Gasteiger partial charge in [-0.2, -0.15) is 0 Å². The van der Waals surface area contributed by atoms with Gasteiger partial charge in [-0.05, 0) is 37.8 Å². The van der Waals surface area contributed by atoms with E-state index in [0.717, 1.165) is 25.7 Å². The predicted molar refractivity (Wildman–Crippen MR) is 105 cm³/mol. The fraction of sp³-hybridized carbons (Fsp3) is 0.591. The minimum Gasteiger partial charge on any atom is -0.353 e. The summed E-state index contributed by atoms with van der Waals surface area (Å²) in [4.78, 5) is 42.3. The van der Waals surface area contributed by atoms with Gasteiger partial charge in [-0.1, -0.05) is 18.2 Å². The first kappa shape index (κ1) is 18.6. The van der Waals surface area contributed by atoms with Crippen LogP contribution >= 0.6 is 0 Å². The molecule has 4 fully saturated rings. The number of nitrogens with zero attached hydrogens (tertiary/aromatic N) is 2. The Hall–Kier alpha value is -2.41. The van der Waals surface area contributed by atoms with Crippen molar-refractivity contribution >= 4 is 17.7 Å². The first-order valence-electron chi connectivity index (χ1n) is 10.7. The minimum absolute atomic E-state index is 0.134. The molecule has 1 atom stereocenters. The summed E-state index contributed by atoms with van der Waals surface area (Å²) in [7, 11) is 0. The molecule has 5 rings (SSSR count). The molecule has 1 aromatic rings. The van der Waals surface area contributed by atoms with Crippen LogP contribution in [0.2, 0.25) is 0 Å². The molecule has 0 aromatic heterocycles. The lowest BCUT2D eigenvalue weighted by atomic mass is 9.96. The van der Waals surface area contributed by atoms with Crippen LogP contribution in [-0.4, -0.2) is 65.0 Å². The number of amides is 3. The van der Waals surface area contributed by atoms with Crippen LogP contribution in [0.4, 0.5) is 0 Å². The van der Waals surface area contributed by atoms with Crippen LogP contribution in [0.1, 0.15) is 48.9 Å². The fourth-order valence-corrected chi connectivity index (χ4v) is 4.48. The van der Waals surface area contributed by atoms with Crippen LogP contribution < -0.4 is 5.32 Å². The molecule has 2 heterocycles. The lowest BCUT2D eigenvalue weighted by Gasteiger charge is -2.44. The van der Waals surface area contributed by atoms with E-state index < -0.39 is 11.8 Å². The molecule has 7 heteroatoms. The van der Waals surface area contributed by atoms with E-state index in [1.165, 1.54) is 0 Å². The highest BCUT2D eigenvalue weighted by Gasteiger charge is 2.55. The van der Waals surface area contributed by atoms with E-state index >= 15 is 0 Å². The smallest absolute Gasteiger partial charge is 0.256 e. The van der Waals surface area contributed by atoms with Gasteiger partial charge in [0.15, 0.2) is 0 Å². The van der Waals surface area contributed by atoms with Crippen molar-refractivity contribution in [3.63, 3.8) is 0 Å². The van der Waals surface area contributed by atoms with Gasteiger partial charge < -0.3 is 15.0 Å². The van der Waals surface area contributed by atoms with Gasteiger partial charge in [-0.25, -0.2) is 0 Å². The second-order valence-corrected chi connectivity index (χ2v) is 8.70. The number of likely N-dealkylation sites (tertiary alicyclic amines) is 1. The number of carbonyl (C=O) groups excluding carboxylic acids is 3. The maximum atomic E-state index is 13.5. The summed E-state index contributed by atoms with van der Waals surface area (Å²) in [6, 6.07) is 8.66. The summed E-state index contributed by atoms with van der Waals surface area (Å²) in [5.74, 6) is 0.0978. The average Bonchev–Trinajstić information content (AvgIpc) is 3.67. The number of rotatable bonds is 4. The van der Waals surface area contributed by atoms with Crippen molar-refractivity contribution in [2.45, 2.75) is 56.3 Å². The van der Waals surface area contributed by atoms with E-state index in [1.807, 2.05) is 23.1 Å². The molecule has 0 radical (unpaired) electrons. The first-order valence-corrected chi connectivity index (χ1v) is 10.7. The Kier molecular flexibility index (Phi) is 4.57. The Labute approximate surface area is 170 Å². The zero-order valence-electron chi connectivity index (χ0n) is 16.5. The molecular formula is C22H27N3O4. The van der Waals surface area contributed by atoms with Crippen molar-refractivity contribution < 1.29 is 19.1 Å². The first-order chi connectivity index (χ1) is 14.1. The standard InChI is InChI=1S/C22H27N3O4/c26-19(23-17-8-9-17)18-14-29-22(25(18)21(28)15-4-2-1-3-5-15)10-12-24(13-11-22)20(27)16-6-7-16/h1-5,16-18H,6-14H2,(H,23,26)/t18-/m0/s1. The van der Waals surface area contributed by atoms with E-state index in [0.29, 0.717) is 31.5 Å². The monoisotopic (exact) mass is 397 g/mol. The van der Waals surface area contributed by atoms with Crippen LogP contribution in [0.3, 0.4) is 0 Å². The Morgan fingerprint density at radius 1 is 1.00 bits per heavy atom. The molecule has 3 amide bonds. The van der Waals surface area contributed by atoms with Crippen molar-refractivity contribution in [1.29, 1.82) is 0 Å². The Morgan fingerprint density at radius 3 is 2.31 bits per heavy atom. The lowest BCUT2D eigenvalue weighted by Crippen LogP contribution is -2.60. The Balaban J connectivity index is 1.38. The normalized spacial score (nSPS) is 25.9. The topological polar surface area (TPSA) is 79.0 Å². The summed E-state index contributed by atoms with van der Waals surface area (Å²) in [5.41, 5.74) is -0.267. The van der Waals surface area contributed by atoms with Gasteiger partial charge in [0.25, 0.3) is 5.91 Å². The van der Waals surface area contributed by atoms with Crippen LogP contribution in [0, 0.1) is 5.92 Å². The Morgan fingerprint density at radius 2 is 1.69 bits per heavy atom. The van der Waals surface area contributed by atoms with Gasteiger partial charge in [0.05, 0.1) is 6.61 Å². The number of nitrogens with one attached hydrogen (secondary N) is 1. The molecule has 0 bridgehead atoms. The number of hydrogen-bond acceptors (Lipinski definition) is 4. The summed E-state index contributed by atoms with van der Waals surface area (Å²) >= 11 is 0. The maximum absolute atomic E-state index is 13.5.